The van der Waals surface area contributed by atoms with Crippen molar-refractivity contribution >= 4 is 27.5 Å². The molecule has 2 aliphatic rings. The van der Waals surface area contributed by atoms with Crippen LogP contribution in [0.4, 0.5) is 17.6 Å². The molecule has 0 amide bonds. The Kier molecular flexibility index (Phi) is 4.89. The fraction of sp³-hybridized carbons (Fsp3) is 0.368. The maximum absolute atomic E-state index is 15.4. The highest BCUT2D eigenvalue weighted by Gasteiger charge is 2.51. The van der Waals surface area contributed by atoms with E-state index < -0.39 is 26.9 Å². The molecule has 0 aliphatic heterocycles. The van der Waals surface area contributed by atoms with Gasteiger partial charge in [0.15, 0.2) is 5.16 Å². The number of hydrogen-bond acceptors (Lipinski definition) is 6. The number of aromatic nitrogens is 2. The zero-order chi connectivity index (χ0) is 21.9. The molecule has 5 nitrogen and oxygen atoms in total. The van der Waals surface area contributed by atoms with Crippen molar-refractivity contribution < 1.29 is 30.2 Å². The minimum atomic E-state index is -5.89. The molecular formula is C19H16F4N2O3S2. The molecule has 0 N–H and O–H groups in total. The molecule has 0 saturated carbocycles. The second kappa shape index (κ2) is 6.94. The van der Waals surface area contributed by atoms with Crippen LogP contribution in [0.1, 0.15) is 35.7 Å². The lowest BCUT2D eigenvalue weighted by atomic mass is 9.69. The Morgan fingerprint density at radius 1 is 1.20 bits per heavy atom. The molecule has 2 aromatic rings. The van der Waals surface area contributed by atoms with Crippen LogP contribution in [0.25, 0.3) is 5.57 Å². The van der Waals surface area contributed by atoms with E-state index >= 15 is 4.39 Å². The molecule has 0 saturated heterocycles. The summed E-state index contributed by atoms with van der Waals surface area (Å²) in [6.07, 6.45) is 1.96. The number of halogens is 4. The molecule has 1 heterocycles. The average molecular weight is 460 g/mol. The van der Waals surface area contributed by atoms with Gasteiger partial charge in [-0.2, -0.15) is 26.6 Å². The lowest BCUT2D eigenvalue weighted by molar-refractivity contribution is -0.0502. The molecule has 0 bridgehead atoms. The second-order valence-electron chi connectivity index (χ2n) is 7.17. The first-order valence-corrected chi connectivity index (χ1v) is 11.5. The fourth-order valence-corrected chi connectivity index (χ4v) is 4.96. The Morgan fingerprint density at radius 3 is 2.57 bits per heavy atom. The first-order chi connectivity index (χ1) is 14.0. The van der Waals surface area contributed by atoms with Crippen molar-refractivity contribution in [2.45, 2.75) is 42.3 Å². The monoisotopic (exact) mass is 460 g/mol. The summed E-state index contributed by atoms with van der Waals surface area (Å²) in [6, 6.07) is 7.28. The number of nitrogens with zero attached hydrogens (tertiary/aromatic N) is 2. The van der Waals surface area contributed by atoms with Gasteiger partial charge in [-0.15, -0.1) is 0 Å². The minimum Gasteiger partial charge on any atom is -0.355 e. The molecule has 4 rings (SSSR count). The molecule has 160 valence electrons. The predicted molar refractivity (Wildman–Crippen MR) is 103 cm³/mol. The molecule has 1 spiro atoms. The second-order valence-corrected chi connectivity index (χ2v) is 9.48. The van der Waals surface area contributed by atoms with Gasteiger partial charge in [0.25, 0.3) is 0 Å². The van der Waals surface area contributed by atoms with Gasteiger partial charge in [-0.3, -0.25) is 0 Å². The molecule has 1 aromatic carbocycles. The van der Waals surface area contributed by atoms with E-state index in [0.717, 1.165) is 22.9 Å². The third-order valence-electron chi connectivity index (χ3n) is 5.56. The number of allylic oxidation sites excluding steroid dienone is 2. The van der Waals surface area contributed by atoms with Crippen LogP contribution in [0.3, 0.4) is 0 Å². The van der Waals surface area contributed by atoms with Crippen LogP contribution in [-0.4, -0.2) is 30.1 Å². The highest BCUT2D eigenvalue weighted by molar-refractivity contribution is 7.98. The van der Waals surface area contributed by atoms with E-state index in [9.17, 15) is 21.6 Å². The zero-order valence-corrected chi connectivity index (χ0v) is 17.5. The van der Waals surface area contributed by atoms with Gasteiger partial charge in [0.1, 0.15) is 5.83 Å². The molecule has 30 heavy (non-hydrogen) atoms. The lowest BCUT2D eigenvalue weighted by Crippen LogP contribution is -2.35. The van der Waals surface area contributed by atoms with Crippen LogP contribution in [0.2, 0.25) is 0 Å². The normalized spacial score (nSPS) is 21.0. The van der Waals surface area contributed by atoms with E-state index in [2.05, 4.69) is 14.2 Å². The van der Waals surface area contributed by atoms with Crippen molar-refractivity contribution in [1.82, 2.24) is 9.97 Å². The maximum Gasteiger partial charge on any atom is 0.534 e. The van der Waals surface area contributed by atoms with Gasteiger partial charge in [-0.05, 0) is 42.7 Å². The van der Waals surface area contributed by atoms with Crippen molar-refractivity contribution in [3.8, 4) is 5.88 Å². The smallest absolute Gasteiger partial charge is 0.355 e. The van der Waals surface area contributed by atoms with Gasteiger partial charge in [-0.1, -0.05) is 36.0 Å². The third-order valence-corrected chi connectivity index (χ3v) is 7.05. The van der Waals surface area contributed by atoms with E-state index in [1.165, 1.54) is 0 Å². The number of hydrogen-bond donors (Lipinski definition) is 0. The maximum atomic E-state index is 15.4. The number of benzene rings is 1. The summed E-state index contributed by atoms with van der Waals surface area (Å²) in [5.74, 6) is -0.951. The Bertz CT molecular complexity index is 1180. The first-order valence-electron chi connectivity index (χ1n) is 8.91. The summed E-state index contributed by atoms with van der Waals surface area (Å²) >= 11 is 1.02. The van der Waals surface area contributed by atoms with E-state index in [0.29, 0.717) is 5.57 Å². The van der Waals surface area contributed by atoms with E-state index in [1.54, 1.807) is 19.2 Å². The summed E-state index contributed by atoms with van der Waals surface area (Å²) in [4.78, 5) is 8.18. The average Bonchev–Trinajstić information content (AvgIpc) is 2.89. The van der Waals surface area contributed by atoms with Gasteiger partial charge in [0, 0.05) is 12.0 Å². The number of fused-ring (bicyclic) bond motifs is 3. The Morgan fingerprint density at radius 2 is 1.90 bits per heavy atom. The van der Waals surface area contributed by atoms with Crippen LogP contribution in [0.15, 0.2) is 35.2 Å². The molecule has 11 heteroatoms. The minimum absolute atomic E-state index is 0.0468. The van der Waals surface area contributed by atoms with E-state index in [4.69, 9.17) is 0 Å². The Labute approximate surface area is 174 Å². The summed E-state index contributed by atoms with van der Waals surface area (Å²) in [7, 11) is -5.89. The van der Waals surface area contributed by atoms with Crippen molar-refractivity contribution in [3.63, 3.8) is 0 Å². The van der Waals surface area contributed by atoms with E-state index in [-0.39, 0.29) is 41.5 Å². The van der Waals surface area contributed by atoms with Crippen molar-refractivity contribution in [1.29, 1.82) is 0 Å². The molecule has 0 fully saturated rings. The third kappa shape index (κ3) is 3.09. The molecular weight excluding hydrogens is 444 g/mol. The summed E-state index contributed by atoms with van der Waals surface area (Å²) in [5.41, 5.74) is -4.04. The zero-order valence-electron chi connectivity index (χ0n) is 15.9. The summed E-state index contributed by atoms with van der Waals surface area (Å²) in [6.45, 7) is 1.69. The van der Waals surface area contributed by atoms with Crippen LogP contribution >= 0.6 is 11.8 Å². The van der Waals surface area contributed by atoms with Crippen LogP contribution in [0, 0.1) is 0 Å². The van der Waals surface area contributed by atoms with Gasteiger partial charge in [0.2, 0.25) is 5.88 Å². The molecule has 0 radical (unpaired) electrons. The highest BCUT2D eigenvalue weighted by Crippen LogP contribution is 2.54. The standard InChI is InChI=1S/C19H16F4N2O3S2/c1-10-11-5-3-4-6-13(11)18(15(10)20)8-7-12-14(9-18)24-17(29-2)25-16(12)28-30(26,27)19(21,22)23/h3-6H,7-9H2,1-2H3/t18-/m1/s1. The van der Waals surface area contributed by atoms with Crippen molar-refractivity contribution in [2.75, 3.05) is 6.26 Å². The van der Waals surface area contributed by atoms with Crippen LogP contribution in [-0.2, 0) is 28.4 Å². The topological polar surface area (TPSA) is 69.2 Å². The molecule has 1 atom stereocenters. The van der Waals surface area contributed by atoms with Crippen molar-refractivity contribution in [3.05, 3.63) is 52.5 Å². The highest BCUT2D eigenvalue weighted by atomic mass is 32.2. The molecule has 0 unspecified atom stereocenters. The first kappa shape index (κ1) is 21.1. The van der Waals surface area contributed by atoms with E-state index in [1.807, 2.05) is 18.2 Å². The Hall–Kier alpha value is -2.14. The quantitative estimate of drug-likeness (QED) is 0.220. The fourth-order valence-electron chi connectivity index (χ4n) is 4.15. The van der Waals surface area contributed by atoms with Gasteiger partial charge < -0.3 is 4.18 Å². The number of alkyl halides is 3. The van der Waals surface area contributed by atoms with Gasteiger partial charge >= 0.3 is 15.6 Å². The number of rotatable bonds is 3. The molecule has 1 aromatic heterocycles. The van der Waals surface area contributed by atoms with Crippen molar-refractivity contribution in [2.24, 2.45) is 0 Å². The summed E-state index contributed by atoms with van der Waals surface area (Å²) < 4.78 is 81.3. The molecule has 2 aliphatic carbocycles. The predicted octanol–water partition coefficient (Wildman–Crippen LogP) is 4.57. The Balaban J connectivity index is 1.83. The lowest BCUT2D eigenvalue weighted by Gasteiger charge is -2.35. The SMILES string of the molecule is CSc1nc2c(c(OS(=O)(=O)C(F)(F)F)n1)CC[C@]1(C2)C(F)=C(C)c2ccccc21. The van der Waals surface area contributed by atoms with Gasteiger partial charge in [-0.25, -0.2) is 9.37 Å². The largest absolute Gasteiger partial charge is 0.534 e. The summed E-state index contributed by atoms with van der Waals surface area (Å²) in [5, 5.41) is 0.0468. The van der Waals surface area contributed by atoms with Gasteiger partial charge in [0.05, 0.1) is 11.1 Å². The van der Waals surface area contributed by atoms with Crippen LogP contribution in [0.5, 0.6) is 5.88 Å². The number of thioether (sulfide) groups is 1. The van der Waals surface area contributed by atoms with Crippen LogP contribution < -0.4 is 4.18 Å².